The number of hydrogen-bond donors (Lipinski definition) is 3. The van der Waals surface area contributed by atoms with Crippen LogP contribution in [0.5, 0.6) is 0 Å². The Morgan fingerprint density at radius 1 is 1.17 bits per heavy atom. The van der Waals surface area contributed by atoms with Gasteiger partial charge in [0.15, 0.2) is 6.10 Å². The highest BCUT2D eigenvalue weighted by Crippen LogP contribution is 2.03. The average Bonchev–Trinajstić information content (AvgIpc) is 2.60. The summed E-state index contributed by atoms with van der Waals surface area (Å²) < 4.78 is 4.94. The summed E-state index contributed by atoms with van der Waals surface area (Å²) in [6.07, 6.45) is -0.875. The summed E-state index contributed by atoms with van der Waals surface area (Å²) >= 11 is 0. The van der Waals surface area contributed by atoms with E-state index in [1.807, 2.05) is 0 Å². The minimum absolute atomic E-state index is 0.0302. The van der Waals surface area contributed by atoms with Crippen LogP contribution in [-0.2, 0) is 19.1 Å². The first-order valence-electron chi connectivity index (χ1n) is 7.19. The molecule has 1 aliphatic rings. The van der Waals surface area contributed by atoms with Gasteiger partial charge in [0.2, 0.25) is 5.91 Å². The van der Waals surface area contributed by atoms with Crippen molar-refractivity contribution >= 4 is 29.4 Å². The molecule has 0 saturated carbocycles. The fourth-order valence-corrected chi connectivity index (χ4v) is 1.79. The second-order valence-electron chi connectivity index (χ2n) is 4.95. The van der Waals surface area contributed by atoms with Crippen LogP contribution in [0.4, 0.5) is 0 Å². The molecule has 0 spiro atoms. The number of hydrazone groups is 1. The first-order valence-corrected chi connectivity index (χ1v) is 7.19. The molecule has 9 heteroatoms. The van der Waals surface area contributed by atoms with Gasteiger partial charge in [-0.15, -0.1) is 0 Å². The van der Waals surface area contributed by atoms with E-state index in [9.17, 15) is 19.2 Å². The molecule has 0 aliphatic carbocycles. The van der Waals surface area contributed by atoms with Gasteiger partial charge in [-0.3, -0.25) is 25.2 Å². The lowest BCUT2D eigenvalue weighted by molar-refractivity contribution is -0.149. The summed E-state index contributed by atoms with van der Waals surface area (Å²) in [5, 5.41) is 3.58. The normalized spacial score (nSPS) is 14.7. The maximum Gasteiger partial charge on any atom is 0.355 e. The van der Waals surface area contributed by atoms with Gasteiger partial charge in [-0.25, -0.2) is 10.2 Å². The van der Waals surface area contributed by atoms with E-state index in [0.717, 1.165) is 0 Å². The second-order valence-corrected chi connectivity index (χ2v) is 4.95. The predicted molar refractivity (Wildman–Crippen MR) is 82.4 cm³/mol. The Hall–Kier alpha value is -3.23. The maximum absolute atomic E-state index is 11.8. The Balaban J connectivity index is 1.81. The number of nitrogens with zero attached hydrogens (tertiary/aromatic N) is 1. The highest BCUT2D eigenvalue weighted by Gasteiger charge is 2.24. The molecule has 0 unspecified atom stereocenters. The van der Waals surface area contributed by atoms with E-state index in [-0.39, 0.29) is 24.5 Å². The van der Waals surface area contributed by atoms with Crippen LogP contribution in [0.25, 0.3) is 0 Å². The molecule has 126 valence electrons. The van der Waals surface area contributed by atoms with Gasteiger partial charge < -0.3 is 4.74 Å². The Morgan fingerprint density at radius 2 is 1.88 bits per heavy atom. The molecule has 1 atom stereocenters. The fraction of sp³-hybridized carbons (Fsp3) is 0.267. The molecule has 1 aromatic carbocycles. The monoisotopic (exact) mass is 332 g/mol. The summed E-state index contributed by atoms with van der Waals surface area (Å²) in [5.41, 5.74) is 6.96. The molecule has 1 aromatic rings. The quantitative estimate of drug-likeness (QED) is 0.513. The van der Waals surface area contributed by atoms with E-state index in [2.05, 4.69) is 21.4 Å². The number of benzene rings is 1. The molecule has 1 heterocycles. The zero-order chi connectivity index (χ0) is 17.5. The molecule has 3 N–H and O–H groups in total. The van der Waals surface area contributed by atoms with E-state index in [1.165, 1.54) is 6.92 Å². The van der Waals surface area contributed by atoms with Crippen molar-refractivity contribution in [2.24, 2.45) is 5.10 Å². The lowest BCUT2D eigenvalue weighted by Gasteiger charge is -2.16. The van der Waals surface area contributed by atoms with Crippen LogP contribution >= 0.6 is 0 Å². The van der Waals surface area contributed by atoms with Crippen molar-refractivity contribution in [2.75, 3.05) is 0 Å². The second kappa shape index (κ2) is 7.86. The van der Waals surface area contributed by atoms with Crippen molar-refractivity contribution < 1.29 is 23.9 Å². The van der Waals surface area contributed by atoms with Gasteiger partial charge in [0.05, 0.1) is 0 Å². The van der Waals surface area contributed by atoms with Crippen LogP contribution in [0.15, 0.2) is 35.4 Å². The Bertz CT molecular complexity index is 686. The molecule has 0 radical (unpaired) electrons. The number of carbonyl (C=O) groups is 4. The third-order valence-electron chi connectivity index (χ3n) is 3.13. The van der Waals surface area contributed by atoms with Crippen molar-refractivity contribution in [1.29, 1.82) is 0 Å². The van der Waals surface area contributed by atoms with Crippen molar-refractivity contribution in [3.05, 3.63) is 35.9 Å². The number of esters is 1. The van der Waals surface area contributed by atoms with Crippen LogP contribution in [0.3, 0.4) is 0 Å². The third-order valence-corrected chi connectivity index (χ3v) is 3.13. The van der Waals surface area contributed by atoms with Gasteiger partial charge in [-0.1, -0.05) is 18.2 Å². The molecule has 1 aliphatic heterocycles. The van der Waals surface area contributed by atoms with Gasteiger partial charge >= 0.3 is 5.97 Å². The number of ether oxygens (including phenoxy) is 1. The number of carbonyl (C=O) groups excluding carboxylic acids is 4. The topological polar surface area (TPSA) is 126 Å². The predicted octanol–water partition coefficient (Wildman–Crippen LogP) is -0.355. The molecular weight excluding hydrogens is 316 g/mol. The number of hydrogen-bond acceptors (Lipinski definition) is 6. The zero-order valence-corrected chi connectivity index (χ0v) is 12.9. The molecule has 0 saturated heterocycles. The molecule has 0 aromatic heterocycles. The van der Waals surface area contributed by atoms with Gasteiger partial charge in [0, 0.05) is 18.4 Å². The van der Waals surface area contributed by atoms with E-state index in [1.54, 1.807) is 30.3 Å². The van der Waals surface area contributed by atoms with Gasteiger partial charge in [0.25, 0.3) is 11.8 Å². The molecule has 3 amide bonds. The highest BCUT2D eigenvalue weighted by atomic mass is 16.5. The first-order chi connectivity index (χ1) is 11.5. The minimum atomic E-state index is -1.14. The number of nitrogens with one attached hydrogen (secondary N) is 3. The van der Waals surface area contributed by atoms with Crippen LogP contribution in [0, 0.1) is 0 Å². The summed E-state index contributed by atoms with van der Waals surface area (Å²) in [6, 6.07) is 8.30. The maximum atomic E-state index is 11.8. The van der Waals surface area contributed by atoms with Gasteiger partial charge in [0.1, 0.15) is 5.71 Å². The van der Waals surface area contributed by atoms with E-state index in [4.69, 9.17) is 4.74 Å². The van der Waals surface area contributed by atoms with E-state index < -0.39 is 23.9 Å². The largest absolute Gasteiger partial charge is 0.448 e. The van der Waals surface area contributed by atoms with Gasteiger partial charge in [-0.05, 0) is 19.1 Å². The molecule has 0 fully saturated rings. The van der Waals surface area contributed by atoms with Crippen LogP contribution in [0.1, 0.15) is 30.1 Å². The number of rotatable bonds is 4. The van der Waals surface area contributed by atoms with Crippen molar-refractivity contribution in [3.63, 3.8) is 0 Å². The number of amides is 3. The van der Waals surface area contributed by atoms with Gasteiger partial charge in [-0.2, -0.15) is 5.10 Å². The summed E-state index contributed by atoms with van der Waals surface area (Å²) in [5.74, 6) is -2.29. The number of hydrazine groups is 1. The summed E-state index contributed by atoms with van der Waals surface area (Å²) in [7, 11) is 0. The van der Waals surface area contributed by atoms with E-state index >= 15 is 0 Å². The summed E-state index contributed by atoms with van der Waals surface area (Å²) in [4.78, 5) is 46.4. The molecular formula is C15H16N4O5. The van der Waals surface area contributed by atoms with Crippen LogP contribution in [-0.4, -0.2) is 35.5 Å². The van der Waals surface area contributed by atoms with Crippen molar-refractivity contribution in [1.82, 2.24) is 16.3 Å². The molecule has 9 nitrogen and oxygen atoms in total. The standard InChI is InChI=1S/C15H16N4O5/c1-9(24-15(23)11-7-8-12(20)17-16-11)13(21)18-19-14(22)10-5-3-2-4-6-10/h2-6,9H,7-8H2,1H3,(H,17,20)(H,18,21)(H,19,22)/t9-/m0/s1. The van der Waals surface area contributed by atoms with Crippen molar-refractivity contribution in [2.45, 2.75) is 25.9 Å². The zero-order valence-electron chi connectivity index (χ0n) is 12.9. The Labute approximate surface area is 137 Å². The van der Waals surface area contributed by atoms with E-state index in [0.29, 0.717) is 5.56 Å². The third kappa shape index (κ3) is 4.63. The van der Waals surface area contributed by atoms with Crippen LogP contribution < -0.4 is 16.3 Å². The van der Waals surface area contributed by atoms with Crippen molar-refractivity contribution in [3.8, 4) is 0 Å². The molecule has 2 rings (SSSR count). The molecule has 24 heavy (non-hydrogen) atoms. The SMILES string of the molecule is C[C@H](OC(=O)C1=NNC(=O)CC1)C(=O)NNC(=O)c1ccccc1. The van der Waals surface area contributed by atoms with Crippen LogP contribution in [0.2, 0.25) is 0 Å². The molecule has 0 bridgehead atoms. The first kappa shape index (κ1) is 17.1. The minimum Gasteiger partial charge on any atom is -0.448 e. The smallest absolute Gasteiger partial charge is 0.355 e. The Morgan fingerprint density at radius 3 is 2.50 bits per heavy atom. The Kier molecular flexibility index (Phi) is 5.61. The highest BCUT2D eigenvalue weighted by molar-refractivity contribution is 6.37. The fourth-order valence-electron chi connectivity index (χ4n) is 1.79. The average molecular weight is 332 g/mol. The lowest BCUT2D eigenvalue weighted by atomic mass is 10.2. The summed E-state index contributed by atoms with van der Waals surface area (Å²) in [6.45, 7) is 1.35. The lowest BCUT2D eigenvalue weighted by Crippen LogP contribution is -2.47.